The standard InChI is InChI=1S/C17H25N3OS.HI/c1-17(2,3)20-16(18-10-8-14-6-4-12-21-14)19-11-9-15-7-5-13-22-15;/h4-7,12-13H,8-11H2,1-3H3,(H2,18,19,20);1H. The zero-order valence-corrected chi connectivity index (χ0v) is 17.1. The van der Waals surface area contributed by atoms with E-state index < -0.39 is 0 Å². The Balaban J connectivity index is 0.00000264. The number of halogens is 1. The Kier molecular flexibility index (Phi) is 8.68. The van der Waals surface area contributed by atoms with Crippen LogP contribution in [0, 0.1) is 0 Å². The van der Waals surface area contributed by atoms with E-state index in [1.807, 2.05) is 12.1 Å². The minimum absolute atomic E-state index is 0. The number of thiophene rings is 1. The van der Waals surface area contributed by atoms with E-state index in [9.17, 15) is 0 Å². The molecule has 2 N–H and O–H groups in total. The van der Waals surface area contributed by atoms with Crippen LogP contribution in [0.5, 0.6) is 0 Å². The molecule has 2 rings (SSSR count). The highest BCUT2D eigenvalue weighted by Crippen LogP contribution is 2.09. The summed E-state index contributed by atoms with van der Waals surface area (Å²) in [6.07, 6.45) is 3.54. The third kappa shape index (κ3) is 8.41. The molecule has 23 heavy (non-hydrogen) atoms. The monoisotopic (exact) mass is 447 g/mol. The molecule has 0 aliphatic carbocycles. The fourth-order valence-corrected chi connectivity index (χ4v) is 2.68. The van der Waals surface area contributed by atoms with Crippen LogP contribution < -0.4 is 10.6 Å². The molecule has 0 aliphatic heterocycles. The lowest BCUT2D eigenvalue weighted by Crippen LogP contribution is -2.48. The molecule has 128 valence electrons. The first-order valence-corrected chi connectivity index (χ1v) is 8.52. The summed E-state index contributed by atoms with van der Waals surface area (Å²) in [7, 11) is 0. The Bertz CT molecular complexity index is 559. The Morgan fingerprint density at radius 3 is 2.65 bits per heavy atom. The molecule has 0 aliphatic rings. The number of furan rings is 1. The number of nitrogens with one attached hydrogen (secondary N) is 2. The predicted molar refractivity (Wildman–Crippen MR) is 109 cm³/mol. The molecule has 2 aromatic rings. The van der Waals surface area contributed by atoms with Gasteiger partial charge in [-0.2, -0.15) is 0 Å². The molecule has 0 bridgehead atoms. The van der Waals surface area contributed by atoms with E-state index in [1.54, 1.807) is 17.6 Å². The third-order valence-electron chi connectivity index (χ3n) is 2.95. The van der Waals surface area contributed by atoms with Gasteiger partial charge in [0.15, 0.2) is 5.96 Å². The maximum Gasteiger partial charge on any atom is 0.191 e. The molecule has 2 heterocycles. The minimum Gasteiger partial charge on any atom is -0.469 e. The third-order valence-corrected chi connectivity index (χ3v) is 3.88. The normalized spacial score (nSPS) is 11.9. The van der Waals surface area contributed by atoms with Gasteiger partial charge < -0.3 is 15.1 Å². The van der Waals surface area contributed by atoms with Crippen molar-refractivity contribution in [3.05, 3.63) is 46.5 Å². The van der Waals surface area contributed by atoms with Crippen LogP contribution in [-0.2, 0) is 12.8 Å². The van der Waals surface area contributed by atoms with Crippen molar-refractivity contribution in [2.45, 2.75) is 39.2 Å². The van der Waals surface area contributed by atoms with Crippen molar-refractivity contribution in [1.29, 1.82) is 0 Å². The van der Waals surface area contributed by atoms with Crippen LogP contribution in [0.2, 0.25) is 0 Å². The Hall–Kier alpha value is -1.02. The van der Waals surface area contributed by atoms with E-state index in [0.29, 0.717) is 0 Å². The molecule has 4 nitrogen and oxygen atoms in total. The highest BCUT2D eigenvalue weighted by molar-refractivity contribution is 14.0. The van der Waals surface area contributed by atoms with Crippen molar-refractivity contribution in [1.82, 2.24) is 10.6 Å². The maximum atomic E-state index is 5.35. The summed E-state index contributed by atoms with van der Waals surface area (Å²) < 4.78 is 5.35. The van der Waals surface area contributed by atoms with E-state index >= 15 is 0 Å². The molecule has 0 fully saturated rings. The Labute approximate surface area is 159 Å². The second-order valence-electron chi connectivity index (χ2n) is 6.19. The number of rotatable bonds is 6. The lowest BCUT2D eigenvalue weighted by molar-refractivity contribution is 0.492. The molecular weight excluding hydrogens is 421 g/mol. The van der Waals surface area contributed by atoms with Gasteiger partial charge in [0.05, 0.1) is 6.26 Å². The number of aliphatic imine (C=N–C) groups is 1. The van der Waals surface area contributed by atoms with E-state index in [4.69, 9.17) is 4.42 Å². The van der Waals surface area contributed by atoms with E-state index in [2.05, 4.69) is 53.9 Å². The van der Waals surface area contributed by atoms with E-state index in [1.165, 1.54) is 4.88 Å². The van der Waals surface area contributed by atoms with Crippen molar-refractivity contribution in [2.75, 3.05) is 13.1 Å². The van der Waals surface area contributed by atoms with Gasteiger partial charge in [-0.1, -0.05) is 6.07 Å². The zero-order chi connectivity index (χ0) is 15.8. The van der Waals surface area contributed by atoms with E-state index in [-0.39, 0.29) is 29.5 Å². The average molecular weight is 447 g/mol. The molecule has 6 heteroatoms. The average Bonchev–Trinajstić information content (AvgIpc) is 3.09. The van der Waals surface area contributed by atoms with Gasteiger partial charge in [0.2, 0.25) is 0 Å². The predicted octanol–water partition coefficient (Wildman–Crippen LogP) is 4.08. The van der Waals surface area contributed by atoms with Crippen LogP contribution in [0.3, 0.4) is 0 Å². The molecule has 0 spiro atoms. The molecule has 0 unspecified atom stereocenters. The fraction of sp³-hybridized carbons (Fsp3) is 0.471. The molecule has 0 atom stereocenters. The van der Waals surface area contributed by atoms with Crippen LogP contribution in [0.25, 0.3) is 0 Å². The molecule has 0 aromatic carbocycles. The number of hydrogen-bond donors (Lipinski definition) is 2. The van der Waals surface area contributed by atoms with Crippen LogP contribution in [-0.4, -0.2) is 24.6 Å². The number of guanidine groups is 1. The smallest absolute Gasteiger partial charge is 0.191 e. The lowest BCUT2D eigenvalue weighted by atomic mass is 10.1. The topological polar surface area (TPSA) is 49.6 Å². The quantitative estimate of drug-likeness (QED) is 0.399. The van der Waals surface area contributed by atoms with Gasteiger partial charge in [-0.3, -0.25) is 4.99 Å². The zero-order valence-electron chi connectivity index (χ0n) is 14.0. The highest BCUT2D eigenvalue weighted by atomic mass is 127. The Morgan fingerprint density at radius 1 is 1.22 bits per heavy atom. The SMILES string of the molecule is CC(C)(C)NC(=NCCc1cccs1)NCCc1ccco1.I. The minimum atomic E-state index is -0.0144. The fourth-order valence-electron chi connectivity index (χ4n) is 1.99. The first-order valence-electron chi connectivity index (χ1n) is 7.64. The van der Waals surface area contributed by atoms with Gasteiger partial charge >= 0.3 is 0 Å². The summed E-state index contributed by atoms with van der Waals surface area (Å²) in [5, 5.41) is 8.91. The van der Waals surface area contributed by atoms with Crippen molar-refractivity contribution >= 4 is 41.3 Å². The highest BCUT2D eigenvalue weighted by Gasteiger charge is 2.12. The first-order chi connectivity index (χ1) is 10.5. The summed E-state index contributed by atoms with van der Waals surface area (Å²) in [4.78, 5) is 6.04. The van der Waals surface area contributed by atoms with E-state index in [0.717, 1.165) is 37.7 Å². The largest absolute Gasteiger partial charge is 0.469 e. The van der Waals surface area contributed by atoms with Gasteiger partial charge in [0.1, 0.15) is 5.76 Å². The molecular formula is C17H26IN3OS. The summed E-state index contributed by atoms with van der Waals surface area (Å²) in [5.74, 6) is 1.84. The molecule has 0 saturated heterocycles. The maximum absolute atomic E-state index is 5.35. The second kappa shape index (κ2) is 9.97. The Morgan fingerprint density at radius 2 is 2.04 bits per heavy atom. The van der Waals surface area contributed by atoms with Crippen LogP contribution in [0.4, 0.5) is 0 Å². The van der Waals surface area contributed by atoms with Gasteiger partial charge in [0, 0.05) is 36.3 Å². The second-order valence-corrected chi connectivity index (χ2v) is 7.22. The molecule has 0 radical (unpaired) electrons. The summed E-state index contributed by atoms with van der Waals surface area (Å²) in [5.41, 5.74) is -0.0144. The lowest BCUT2D eigenvalue weighted by Gasteiger charge is -2.24. The molecule has 0 amide bonds. The van der Waals surface area contributed by atoms with Crippen LogP contribution in [0.15, 0.2) is 45.3 Å². The van der Waals surface area contributed by atoms with Gasteiger partial charge in [-0.15, -0.1) is 35.3 Å². The van der Waals surface area contributed by atoms with Gasteiger partial charge in [-0.25, -0.2) is 0 Å². The summed E-state index contributed by atoms with van der Waals surface area (Å²) in [6, 6.07) is 8.15. The van der Waals surface area contributed by atoms with Crippen molar-refractivity contribution < 1.29 is 4.42 Å². The van der Waals surface area contributed by atoms with Gasteiger partial charge in [0.25, 0.3) is 0 Å². The van der Waals surface area contributed by atoms with Crippen LogP contribution >= 0.6 is 35.3 Å². The molecule has 0 saturated carbocycles. The van der Waals surface area contributed by atoms with Crippen LogP contribution in [0.1, 0.15) is 31.4 Å². The van der Waals surface area contributed by atoms with Crippen molar-refractivity contribution in [3.8, 4) is 0 Å². The summed E-state index contributed by atoms with van der Waals surface area (Å²) >= 11 is 1.78. The van der Waals surface area contributed by atoms with Crippen molar-refractivity contribution in [2.24, 2.45) is 4.99 Å². The summed E-state index contributed by atoms with van der Waals surface area (Å²) in [6.45, 7) is 7.99. The molecule has 2 aromatic heterocycles. The first kappa shape index (κ1) is 20.0. The number of hydrogen-bond acceptors (Lipinski definition) is 3. The number of nitrogens with zero attached hydrogens (tertiary/aromatic N) is 1. The van der Waals surface area contributed by atoms with Crippen molar-refractivity contribution in [3.63, 3.8) is 0 Å². The van der Waals surface area contributed by atoms with Gasteiger partial charge in [-0.05, 0) is 44.4 Å².